The molecule has 3 N–H and O–H groups in total. The van der Waals surface area contributed by atoms with Gasteiger partial charge in [0.25, 0.3) is 0 Å². The monoisotopic (exact) mass is 430 g/mol. The first kappa shape index (κ1) is 23.9. The maximum Gasteiger partial charge on any atom is 0.305 e. The summed E-state index contributed by atoms with van der Waals surface area (Å²) in [6.45, 7) is 11.2. The number of hydrogen-bond acceptors (Lipinski definition) is 4. The number of nitrogens with zero attached hydrogens (tertiary/aromatic N) is 1. The second-order valence-electron chi connectivity index (χ2n) is 7.60. The van der Waals surface area contributed by atoms with Crippen molar-refractivity contribution in [3.8, 4) is 0 Å². The van der Waals surface area contributed by atoms with Crippen LogP contribution in [0.4, 0.5) is 5.69 Å². The number of carbonyl (C=O) groups excluding carboxylic acids is 1. The van der Waals surface area contributed by atoms with Crippen LogP contribution in [0.2, 0.25) is 0 Å². The first-order chi connectivity index (χ1) is 14.4. The summed E-state index contributed by atoms with van der Waals surface area (Å²) in [5.74, 6) is 0.695. The van der Waals surface area contributed by atoms with Crippen molar-refractivity contribution in [2.24, 2.45) is 0 Å². The van der Waals surface area contributed by atoms with E-state index in [1.807, 2.05) is 32.0 Å². The minimum Gasteiger partial charge on any atom is -0.454 e. The molecule has 1 amide bonds. The summed E-state index contributed by atoms with van der Waals surface area (Å²) >= 11 is 5.27. The van der Waals surface area contributed by atoms with Gasteiger partial charge in [0.1, 0.15) is 5.76 Å². The smallest absolute Gasteiger partial charge is 0.305 e. The Balaban J connectivity index is 1.85. The summed E-state index contributed by atoms with van der Waals surface area (Å²) in [6, 6.07) is 9.60. The van der Waals surface area contributed by atoms with Crippen molar-refractivity contribution in [1.29, 1.82) is 0 Å². The first-order valence-corrected chi connectivity index (χ1v) is 11.1. The Kier molecular flexibility index (Phi) is 9.83. The van der Waals surface area contributed by atoms with Gasteiger partial charge in [0.15, 0.2) is 10.9 Å². The van der Waals surface area contributed by atoms with Crippen molar-refractivity contribution < 1.29 is 9.21 Å². The van der Waals surface area contributed by atoms with Crippen LogP contribution in [0.3, 0.4) is 0 Å². The largest absolute Gasteiger partial charge is 0.454 e. The van der Waals surface area contributed by atoms with Crippen LogP contribution in [-0.4, -0.2) is 29.0 Å². The molecule has 0 aliphatic carbocycles. The predicted molar refractivity (Wildman–Crippen MR) is 127 cm³/mol. The molecule has 0 spiro atoms. The van der Waals surface area contributed by atoms with E-state index in [1.54, 1.807) is 6.07 Å². The molecule has 30 heavy (non-hydrogen) atoms. The molecule has 164 valence electrons. The van der Waals surface area contributed by atoms with Gasteiger partial charge in [-0.05, 0) is 75.8 Å². The number of thiocarbonyl (C=S) groups is 1. The Hall–Kier alpha value is -2.38. The SMILES string of the molecule is CCCCN(CCCC)Cc1ccc(C(=O)NNC(=S)Nc2ccc(C)cc2C)o1. The molecule has 0 saturated carbocycles. The van der Waals surface area contributed by atoms with Crippen molar-refractivity contribution in [2.75, 3.05) is 18.4 Å². The van der Waals surface area contributed by atoms with E-state index in [4.69, 9.17) is 16.6 Å². The Morgan fingerprint density at radius 2 is 1.73 bits per heavy atom. The Morgan fingerprint density at radius 3 is 2.37 bits per heavy atom. The van der Waals surface area contributed by atoms with Gasteiger partial charge in [-0.15, -0.1) is 0 Å². The van der Waals surface area contributed by atoms with E-state index < -0.39 is 0 Å². The van der Waals surface area contributed by atoms with E-state index in [1.165, 1.54) is 5.56 Å². The highest BCUT2D eigenvalue weighted by atomic mass is 32.1. The minimum atomic E-state index is -0.361. The second kappa shape index (κ2) is 12.3. The van der Waals surface area contributed by atoms with Gasteiger partial charge in [-0.2, -0.15) is 0 Å². The molecule has 0 bridgehead atoms. The normalized spacial score (nSPS) is 10.8. The highest BCUT2D eigenvalue weighted by molar-refractivity contribution is 7.80. The topological polar surface area (TPSA) is 69.5 Å². The van der Waals surface area contributed by atoms with E-state index in [-0.39, 0.29) is 11.7 Å². The standard InChI is InChI=1S/C23H34N4O2S/c1-5-7-13-27(14-8-6-2)16-19-10-12-21(29-19)22(28)25-26-23(30)24-20-11-9-17(3)15-18(20)4/h9-12,15H,5-8,13-14,16H2,1-4H3,(H,25,28)(H2,24,26,30). The Morgan fingerprint density at radius 1 is 1.03 bits per heavy atom. The molecular weight excluding hydrogens is 396 g/mol. The van der Waals surface area contributed by atoms with Crippen LogP contribution in [-0.2, 0) is 6.54 Å². The molecule has 0 radical (unpaired) electrons. The zero-order chi connectivity index (χ0) is 21.9. The predicted octanol–water partition coefficient (Wildman–Crippen LogP) is 4.93. The molecule has 1 aromatic carbocycles. The summed E-state index contributed by atoms with van der Waals surface area (Å²) in [6.07, 6.45) is 4.64. The van der Waals surface area contributed by atoms with Gasteiger partial charge < -0.3 is 9.73 Å². The average Bonchev–Trinajstić information content (AvgIpc) is 3.19. The number of benzene rings is 1. The number of unbranched alkanes of at least 4 members (excludes halogenated alkanes) is 2. The van der Waals surface area contributed by atoms with Crippen LogP contribution in [0.5, 0.6) is 0 Å². The van der Waals surface area contributed by atoms with Gasteiger partial charge >= 0.3 is 5.91 Å². The van der Waals surface area contributed by atoms with E-state index in [2.05, 4.69) is 41.0 Å². The van der Waals surface area contributed by atoms with E-state index in [0.29, 0.717) is 11.7 Å². The van der Waals surface area contributed by atoms with Crippen molar-refractivity contribution in [3.05, 3.63) is 53.0 Å². The van der Waals surface area contributed by atoms with Crippen LogP contribution in [0.1, 0.15) is 67.0 Å². The van der Waals surface area contributed by atoms with Crippen molar-refractivity contribution in [2.45, 2.75) is 59.9 Å². The van der Waals surface area contributed by atoms with E-state index in [9.17, 15) is 4.79 Å². The number of aryl methyl sites for hydroxylation is 2. The number of rotatable bonds is 10. The van der Waals surface area contributed by atoms with Gasteiger partial charge in [0.2, 0.25) is 0 Å². The van der Waals surface area contributed by atoms with Crippen LogP contribution in [0.15, 0.2) is 34.7 Å². The fourth-order valence-corrected chi connectivity index (χ4v) is 3.28. The third kappa shape index (κ3) is 7.80. The summed E-state index contributed by atoms with van der Waals surface area (Å²) in [4.78, 5) is 14.8. The molecule has 7 heteroatoms. The Labute approximate surface area is 185 Å². The molecule has 1 heterocycles. The number of hydrogen-bond donors (Lipinski definition) is 3. The van der Waals surface area contributed by atoms with E-state index >= 15 is 0 Å². The van der Waals surface area contributed by atoms with Gasteiger partial charge in [-0.3, -0.25) is 20.5 Å². The van der Waals surface area contributed by atoms with Crippen molar-refractivity contribution in [3.63, 3.8) is 0 Å². The van der Waals surface area contributed by atoms with Crippen LogP contribution >= 0.6 is 12.2 Å². The molecule has 1 aromatic heterocycles. The number of nitrogens with one attached hydrogen (secondary N) is 3. The molecule has 2 rings (SSSR count). The van der Waals surface area contributed by atoms with Gasteiger partial charge in [-0.25, -0.2) is 0 Å². The van der Waals surface area contributed by atoms with Crippen LogP contribution in [0, 0.1) is 13.8 Å². The molecular formula is C23H34N4O2S. The zero-order valence-corrected chi connectivity index (χ0v) is 19.3. The number of carbonyl (C=O) groups is 1. The molecule has 0 atom stereocenters. The quantitative estimate of drug-likeness (QED) is 0.367. The van der Waals surface area contributed by atoms with Crippen molar-refractivity contribution >= 4 is 28.9 Å². The average molecular weight is 431 g/mol. The van der Waals surface area contributed by atoms with Gasteiger partial charge in [-0.1, -0.05) is 44.4 Å². The molecule has 0 saturated heterocycles. The number of furan rings is 1. The molecule has 0 aliphatic rings. The van der Waals surface area contributed by atoms with Crippen molar-refractivity contribution in [1.82, 2.24) is 15.8 Å². The highest BCUT2D eigenvalue weighted by Gasteiger charge is 2.14. The number of anilines is 1. The molecule has 0 aliphatic heterocycles. The first-order valence-electron chi connectivity index (χ1n) is 10.7. The fraction of sp³-hybridized carbons (Fsp3) is 0.478. The zero-order valence-electron chi connectivity index (χ0n) is 18.5. The molecule has 2 aromatic rings. The minimum absolute atomic E-state index is 0.262. The molecule has 0 fully saturated rings. The summed E-state index contributed by atoms with van der Waals surface area (Å²) in [5, 5.41) is 3.40. The summed E-state index contributed by atoms with van der Waals surface area (Å²) < 4.78 is 5.76. The highest BCUT2D eigenvalue weighted by Crippen LogP contribution is 2.16. The van der Waals surface area contributed by atoms with Gasteiger partial charge in [0, 0.05) is 5.69 Å². The van der Waals surface area contributed by atoms with E-state index in [0.717, 1.165) is 55.8 Å². The fourth-order valence-electron chi connectivity index (χ4n) is 3.12. The number of hydrazine groups is 1. The lowest BCUT2D eigenvalue weighted by Gasteiger charge is -2.20. The summed E-state index contributed by atoms with van der Waals surface area (Å²) in [7, 11) is 0. The molecule has 0 unspecified atom stereocenters. The lowest BCUT2D eigenvalue weighted by molar-refractivity contribution is 0.0912. The molecule has 6 nitrogen and oxygen atoms in total. The summed E-state index contributed by atoms with van der Waals surface area (Å²) in [5.41, 5.74) is 8.47. The van der Waals surface area contributed by atoms with Gasteiger partial charge in [0.05, 0.1) is 6.54 Å². The van der Waals surface area contributed by atoms with Crippen LogP contribution < -0.4 is 16.2 Å². The van der Waals surface area contributed by atoms with Crippen LogP contribution in [0.25, 0.3) is 0 Å². The number of amides is 1. The Bertz CT molecular complexity index is 826. The second-order valence-corrected chi connectivity index (χ2v) is 8.01. The maximum absolute atomic E-state index is 12.4. The third-order valence-electron chi connectivity index (χ3n) is 4.84. The lowest BCUT2D eigenvalue weighted by Crippen LogP contribution is -2.43. The third-order valence-corrected chi connectivity index (χ3v) is 5.04. The lowest BCUT2D eigenvalue weighted by atomic mass is 10.1. The maximum atomic E-state index is 12.4.